The SMILES string of the molecule is COc1ccc(Br)cc1CN(C)C(C)c1nc(C)no1. The Kier molecular flexibility index (Phi) is 4.77. The number of nitrogens with zero attached hydrogens (tertiary/aromatic N) is 3. The van der Waals surface area contributed by atoms with E-state index in [1.165, 1.54) is 0 Å². The van der Waals surface area contributed by atoms with Gasteiger partial charge in [-0.3, -0.25) is 4.90 Å². The molecular formula is C14H18BrN3O2. The summed E-state index contributed by atoms with van der Waals surface area (Å²) in [4.78, 5) is 6.41. The highest BCUT2D eigenvalue weighted by molar-refractivity contribution is 9.10. The molecule has 0 amide bonds. The first-order chi connectivity index (χ1) is 9.51. The third-order valence-electron chi connectivity index (χ3n) is 3.22. The van der Waals surface area contributed by atoms with E-state index in [0.717, 1.165) is 22.3 Å². The van der Waals surface area contributed by atoms with Crippen LogP contribution in [-0.4, -0.2) is 29.2 Å². The number of hydrogen-bond acceptors (Lipinski definition) is 5. The average Bonchev–Trinajstić information content (AvgIpc) is 2.84. The summed E-state index contributed by atoms with van der Waals surface area (Å²) in [5, 5.41) is 3.83. The third kappa shape index (κ3) is 3.37. The molecule has 108 valence electrons. The van der Waals surface area contributed by atoms with E-state index < -0.39 is 0 Å². The molecule has 6 heteroatoms. The van der Waals surface area contributed by atoms with Crippen LogP contribution >= 0.6 is 15.9 Å². The van der Waals surface area contributed by atoms with Gasteiger partial charge in [0.15, 0.2) is 5.82 Å². The Hall–Kier alpha value is -1.40. The van der Waals surface area contributed by atoms with E-state index in [-0.39, 0.29) is 6.04 Å². The Morgan fingerprint density at radius 2 is 2.20 bits per heavy atom. The van der Waals surface area contributed by atoms with Crippen LogP contribution in [0.3, 0.4) is 0 Å². The molecule has 0 aliphatic rings. The summed E-state index contributed by atoms with van der Waals surface area (Å²) in [7, 11) is 3.70. The fourth-order valence-corrected chi connectivity index (χ4v) is 2.36. The molecule has 0 fully saturated rings. The van der Waals surface area contributed by atoms with Gasteiger partial charge in [-0.05, 0) is 39.1 Å². The molecule has 0 aliphatic heterocycles. The first-order valence-corrected chi connectivity index (χ1v) is 7.13. The monoisotopic (exact) mass is 339 g/mol. The second-order valence-corrected chi connectivity index (χ2v) is 5.64. The zero-order valence-corrected chi connectivity index (χ0v) is 13.6. The first-order valence-electron chi connectivity index (χ1n) is 6.34. The van der Waals surface area contributed by atoms with Crippen molar-refractivity contribution in [2.24, 2.45) is 0 Å². The molecule has 0 saturated heterocycles. The van der Waals surface area contributed by atoms with Crippen molar-refractivity contribution in [3.8, 4) is 5.75 Å². The highest BCUT2D eigenvalue weighted by Crippen LogP contribution is 2.26. The van der Waals surface area contributed by atoms with Crippen molar-refractivity contribution >= 4 is 15.9 Å². The second-order valence-electron chi connectivity index (χ2n) is 4.73. The van der Waals surface area contributed by atoms with Crippen molar-refractivity contribution in [2.75, 3.05) is 14.2 Å². The van der Waals surface area contributed by atoms with Crippen molar-refractivity contribution in [1.82, 2.24) is 15.0 Å². The summed E-state index contributed by atoms with van der Waals surface area (Å²) in [5.74, 6) is 2.15. The lowest BCUT2D eigenvalue weighted by Crippen LogP contribution is -2.22. The largest absolute Gasteiger partial charge is 0.496 e. The lowest BCUT2D eigenvalue weighted by molar-refractivity contribution is 0.200. The third-order valence-corrected chi connectivity index (χ3v) is 3.72. The molecule has 2 aromatic rings. The lowest BCUT2D eigenvalue weighted by atomic mass is 10.1. The molecule has 1 heterocycles. The number of hydrogen-bond donors (Lipinski definition) is 0. The molecule has 20 heavy (non-hydrogen) atoms. The number of aryl methyl sites for hydroxylation is 1. The average molecular weight is 340 g/mol. The van der Waals surface area contributed by atoms with E-state index in [4.69, 9.17) is 9.26 Å². The summed E-state index contributed by atoms with van der Waals surface area (Å²) < 4.78 is 11.6. The minimum Gasteiger partial charge on any atom is -0.496 e. The first kappa shape index (κ1) is 15.0. The van der Waals surface area contributed by atoms with Crippen LogP contribution in [0.1, 0.15) is 30.2 Å². The predicted octanol–water partition coefficient (Wildman–Crippen LogP) is 3.34. The topological polar surface area (TPSA) is 51.4 Å². The molecule has 0 bridgehead atoms. The van der Waals surface area contributed by atoms with E-state index in [1.54, 1.807) is 7.11 Å². The van der Waals surface area contributed by atoms with Gasteiger partial charge in [-0.25, -0.2) is 0 Å². The number of methoxy groups -OCH3 is 1. The minimum atomic E-state index is 0.0416. The van der Waals surface area contributed by atoms with Gasteiger partial charge in [0.25, 0.3) is 0 Å². The van der Waals surface area contributed by atoms with E-state index >= 15 is 0 Å². The van der Waals surface area contributed by atoms with E-state index in [9.17, 15) is 0 Å². The molecule has 0 aliphatic carbocycles. The molecular weight excluding hydrogens is 322 g/mol. The fraction of sp³-hybridized carbons (Fsp3) is 0.429. The van der Waals surface area contributed by atoms with Crippen molar-refractivity contribution in [2.45, 2.75) is 26.4 Å². The van der Waals surface area contributed by atoms with Crippen molar-refractivity contribution in [1.29, 1.82) is 0 Å². The number of aromatic nitrogens is 2. The standard InChI is InChI=1S/C14H18BrN3O2/c1-9(14-16-10(2)17-20-14)18(3)8-11-7-12(15)5-6-13(11)19-4/h5-7,9H,8H2,1-4H3. The molecule has 5 nitrogen and oxygen atoms in total. The number of ether oxygens (including phenoxy) is 1. The Labute approximate surface area is 127 Å². The maximum absolute atomic E-state index is 5.39. The van der Waals surface area contributed by atoms with Gasteiger partial charge in [0.2, 0.25) is 5.89 Å². The Bertz CT molecular complexity index is 586. The molecule has 1 unspecified atom stereocenters. The highest BCUT2D eigenvalue weighted by Gasteiger charge is 2.19. The zero-order chi connectivity index (χ0) is 14.7. The number of benzene rings is 1. The summed E-state index contributed by atoms with van der Waals surface area (Å²) >= 11 is 3.49. The van der Waals surface area contributed by atoms with Crippen LogP contribution in [0.15, 0.2) is 27.2 Å². The van der Waals surface area contributed by atoms with Gasteiger partial charge in [0.1, 0.15) is 5.75 Å². The number of rotatable bonds is 5. The van der Waals surface area contributed by atoms with Crippen LogP contribution in [-0.2, 0) is 6.54 Å². The molecule has 1 aromatic heterocycles. The summed E-state index contributed by atoms with van der Waals surface area (Å²) in [6.45, 7) is 4.58. The van der Waals surface area contributed by atoms with Crippen molar-refractivity contribution in [3.63, 3.8) is 0 Å². The maximum atomic E-state index is 5.39. The Morgan fingerprint density at radius 3 is 2.80 bits per heavy atom. The van der Waals surface area contributed by atoms with Crippen LogP contribution < -0.4 is 4.74 Å². The van der Waals surface area contributed by atoms with Crippen LogP contribution in [0, 0.1) is 6.92 Å². The molecule has 0 spiro atoms. The van der Waals surface area contributed by atoms with Crippen LogP contribution in [0.25, 0.3) is 0 Å². The second kappa shape index (κ2) is 6.37. The van der Waals surface area contributed by atoms with Crippen LogP contribution in [0.4, 0.5) is 0 Å². The predicted molar refractivity (Wildman–Crippen MR) is 79.6 cm³/mol. The molecule has 0 saturated carbocycles. The van der Waals surface area contributed by atoms with Gasteiger partial charge in [0, 0.05) is 16.6 Å². The Balaban J connectivity index is 2.15. The molecule has 0 N–H and O–H groups in total. The normalized spacial score (nSPS) is 12.7. The summed E-state index contributed by atoms with van der Waals surface area (Å²) in [6, 6.07) is 6.02. The molecule has 1 aromatic carbocycles. The van der Waals surface area contributed by atoms with Gasteiger partial charge in [-0.2, -0.15) is 4.98 Å². The Morgan fingerprint density at radius 1 is 1.45 bits per heavy atom. The maximum Gasteiger partial charge on any atom is 0.243 e. The van der Waals surface area contributed by atoms with Gasteiger partial charge < -0.3 is 9.26 Å². The van der Waals surface area contributed by atoms with E-state index in [2.05, 4.69) is 37.0 Å². The number of halogens is 1. The van der Waals surface area contributed by atoms with Gasteiger partial charge in [0.05, 0.1) is 13.2 Å². The van der Waals surface area contributed by atoms with Crippen molar-refractivity contribution < 1.29 is 9.26 Å². The molecule has 1 atom stereocenters. The van der Waals surface area contributed by atoms with Gasteiger partial charge >= 0.3 is 0 Å². The van der Waals surface area contributed by atoms with Crippen LogP contribution in [0.2, 0.25) is 0 Å². The smallest absolute Gasteiger partial charge is 0.243 e. The van der Waals surface area contributed by atoms with Crippen LogP contribution in [0.5, 0.6) is 5.75 Å². The van der Waals surface area contributed by atoms with Gasteiger partial charge in [-0.15, -0.1) is 0 Å². The zero-order valence-electron chi connectivity index (χ0n) is 12.1. The quantitative estimate of drug-likeness (QED) is 0.836. The summed E-state index contributed by atoms with van der Waals surface area (Å²) in [6.07, 6.45) is 0. The lowest BCUT2D eigenvalue weighted by Gasteiger charge is -2.22. The van der Waals surface area contributed by atoms with E-state index in [1.807, 2.05) is 33.0 Å². The molecule has 0 radical (unpaired) electrons. The fourth-order valence-electron chi connectivity index (χ4n) is 1.95. The van der Waals surface area contributed by atoms with Gasteiger partial charge in [-0.1, -0.05) is 21.1 Å². The highest BCUT2D eigenvalue weighted by atomic mass is 79.9. The summed E-state index contributed by atoms with van der Waals surface area (Å²) in [5.41, 5.74) is 1.10. The van der Waals surface area contributed by atoms with E-state index in [0.29, 0.717) is 11.7 Å². The van der Waals surface area contributed by atoms with Crippen molar-refractivity contribution in [3.05, 3.63) is 40.0 Å². The molecule has 2 rings (SSSR count). The minimum absolute atomic E-state index is 0.0416.